The summed E-state index contributed by atoms with van der Waals surface area (Å²) < 4.78 is 104. The number of nitrogens with one attached hydrogen (secondary N) is 1. The van der Waals surface area contributed by atoms with E-state index in [0.717, 1.165) is 18.6 Å². The summed E-state index contributed by atoms with van der Waals surface area (Å²) in [5.41, 5.74) is -0.106. The molecule has 1 N–H and O–H groups in total. The number of rotatable bonds is 38. The first-order valence-electron chi connectivity index (χ1n) is 19.4. The molecule has 0 radical (unpaired) electrons. The van der Waals surface area contributed by atoms with Crippen molar-refractivity contribution in [1.29, 1.82) is 0 Å². The van der Waals surface area contributed by atoms with Crippen molar-refractivity contribution in [2.75, 3.05) is 151 Å². The molecule has 0 aliphatic rings. The van der Waals surface area contributed by atoms with Gasteiger partial charge in [0, 0.05) is 12.1 Å². The number of carbonyl (C=O) groups excluding carboxylic acids is 2. The predicted octanol–water partition coefficient (Wildman–Crippen LogP) is 5.12. The zero-order valence-electron chi connectivity index (χ0n) is 33.4. The number of esters is 2. The molecule has 0 saturated carbocycles. The lowest BCUT2D eigenvalue weighted by Gasteiger charge is -2.13. The van der Waals surface area contributed by atoms with Gasteiger partial charge in [-0.2, -0.15) is 13.2 Å². The van der Waals surface area contributed by atoms with Crippen LogP contribution in [0.5, 0.6) is 0 Å². The van der Waals surface area contributed by atoms with Crippen molar-refractivity contribution < 1.29 is 79.6 Å². The van der Waals surface area contributed by atoms with E-state index in [1.54, 1.807) is 18.2 Å². The molecule has 2 rings (SSSR count). The lowest BCUT2D eigenvalue weighted by Crippen LogP contribution is -2.16. The Bertz CT molecular complexity index is 1320. The Labute approximate surface area is 338 Å². The number of ether oxygens (including phenoxy) is 12. The topological polar surface area (TPSA) is 157 Å². The van der Waals surface area contributed by atoms with E-state index in [-0.39, 0.29) is 37.0 Å². The van der Waals surface area contributed by atoms with Gasteiger partial charge in [0.2, 0.25) is 0 Å². The number of carbonyl (C=O) groups is 2. The van der Waals surface area contributed by atoms with Crippen LogP contribution in [0.4, 0.5) is 24.5 Å². The van der Waals surface area contributed by atoms with E-state index >= 15 is 0 Å². The van der Waals surface area contributed by atoms with Crippen LogP contribution in [0.1, 0.15) is 35.7 Å². The van der Waals surface area contributed by atoms with Crippen LogP contribution < -0.4 is 5.32 Å². The first kappa shape index (κ1) is 50.7. The van der Waals surface area contributed by atoms with Crippen molar-refractivity contribution in [1.82, 2.24) is 0 Å². The molecule has 0 aliphatic carbocycles. The minimum Gasteiger partial charge on any atom is -0.463 e. The molecule has 0 aliphatic heterocycles. The lowest BCUT2D eigenvalue weighted by molar-refractivity contribution is -0.145. The number of hydrogen-bond acceptors (Lipinski definition) is 15. The average molecular weight is 836 g/mol. The highest BCUT2D eigenvalue weighted by atomic mass is 19.4. The zero-order chi connectivity index (χ0) is 41.8. The monoisotopic (exact) mass is 835 g/mol. The van der Waals surface area contributed by atoms with Gasteiger partial charge in [0.25, 0.3) is 0 Å². The van der Waals surface area contributed by atoms with Gasteiger partial charge in [0.05, 0.1) is 149 Å². The fourth-order valence-electron chi connectivity index (χ4n) is 4.54. The molecule has 0 spiro atoms. The summed E-state index contributed by atoms with van der Waals surface area (Å²) in [4.78, 5) is 23.8. The van der Waals surface area contributed by atoms with Gasteiger partial charge in [-0.3, -0.25) is 4.79 Å². The smallest absolute Gasteiger partial charge is 0.416 e. The summed E-state index contributed by atoms with van der Waals surface area (Å²) in [6, 6.07) is 11.1. The maximum absolute atomic E-state index is 13.1. The molecule has 0 amide bonds. The van der Waals surface area contributed by atoms with Gasteiger partial charge in [-0.05, 0) is 36.8 Å². The molecule has 0 heterocycles. The maximum Gasteiger partial charge on any atom is 0.416 e. The van der Waals surface area contributed by atoms with Gasteiger partial charge in [-0.25, -0.2) is 4.79 Å². The van der Waals surface area contributed by atoms with E-state index in [2.05, 4.69) is 5.32 Å². The highest BCUT2D eigenvalue weighted by molar-refractivity contribution is 5.96. The summed E-state index contributed by atoms with van der Waals surface area (Å²) in [6.45, 7) is 10.4. The third-order valence-electron chi connectivity index (χ3n) is 7.37. The molecular weight excluding hydrogens is 775 g/mol. The van der Waals surface area contributed by atoms with Crippen molar-refractivity contribution in [3.8, 4) is 0 Å². The van der Waals surface area contributed by atoms with E-state index < -0.39 is 17.7 Å². The Morgan fingerprint density at radius 3 is 1.28 bits per heavy atom. The second-order valence-electron chi connectivity index (χ2n) is 12.0. The van der Waals surface area contributed by atoms with Gasteiger partial charge >= 0.3 is 18.1 Å². The highest BCUT2D eigenvalue weighted by Crippen LogP contribution is 2.32. The maximum atomic E-state index is 13.1. The van der Waals surface area contributed by atoms with Crippen LogP contribution in [0.3, 0.4) is 0 Å². The van der Waals surface area contributed by atoms with E-state index in [1.807, 2.05) is 6.92 Å². The van der Waals surface area contributed by atoms with Crippen LogP contribution in [-0.4, -0.2) is 157 Å². The molecule has 0 unspecified atom stereocenters. The molecule has 0 saturated heterocycles. The second-order valence-corrected chi connectivity index (χ2v) is 12.0. The Kier molecular flexibility index (Phi) is 30.1. The average Bonchev–Trinajstić information content (AvgIpc) is 3.21. The van der Waals surface area contributed by atoms with Gasteiger partial charge in [-0.1, -0.05) is 25.1 Å². The van der Waals surface area contributed by atoms with Crippen molar-refractivity contribution >= 4 is 23.3 Å². The number of halogens is 3. The summed E-state index contributed by atoms with van der Waals surface area (Å²) in [6.07, 6.45) is -3.28. The van der Waals surface area contributed by atoms with Crippen molar-refractivity contribution in [2.45, 2.75) is 25.9 Å². The summed E-state index contributed by atoms with van der Waals surface area (Å²) in [7, 11) is 0. The number of benzene rings is 2. The normalized spacial score (nSPS) is 11.5. The molecule has 0 bridgehead atoms. The molecule has 2 aromatic rings. The molecule has 18 heteroatoms. The Morgan fingerprint density at radius 1 is 0.500 bits per heavy atom. The van der Waals surface area contributed by atoms with Gasteiger partial charge in [-0.15, -0.1) is 0 Å². The number of hydrogen-bond donors (Lipinski definition) is 1. The minimum absolute atomic E-state index is 0.00725. The second kappa shape index (κ2) is 34.4. The predicted molar refractivity (Wildman–Crippen MR) is 206 cm³/mol. The summed E-state index contributed by atoms with van der Waals surface area (Å²) in [5, 5.41) is 2.86. The largest absolute Gasteiger partial charge is 0.463 e. The number of anilines is 2. The Balaban J connectivity index is 1.26. The van der Waals surface area contributed by atoms with Crippen LogP contribution in [0, 0.1) is 0 Å². The van der Waals surface area contributed by atoms with Crippen LogP contribution in [0.25, 0.3) is 0 Å². The SMILES string of the molecule is CCCC(=O)OCCOCCOCCOCCOCCOCCOCCOCCOCCOCCOCCOC(=O)c1ccccc1Nc1cccc(C(F)(F)F)c1. The van der Waals surface area contributed by atoms with Crippen LogP contribution in [0.2, 0.25) is 0 Å². The van der Waals surface area contributed by atoms with E-state index in [0.29, 0.717) is 138 Å². The quantitative estimate of drug-likeness (QED) is 0.0703. The van der Waals surface area contributed by atoms with Crippen molar-refractivity contribution in [3.05, 3.63) is 59.7 Å². The zero-order valence-corrected chi connectivity index (χ0v) is 33.4. The third-order valence-corrected chi connectivity index (χ3v) is 7.37. The Morgan fingerprint density at radius 2 is 0.879 bits per heavy atom. The van der Waals surface area contributed by atoms with Crippen LogP contribution in [0.15, 0.2) is 48.5 Å². The van der Waals surface area contributed by atoms with Crippen molar-refractivity contribution in [2.24, 2.45) is 0 Å². The molecule has 0 aromatic heterocycles. The first-order valence-corrected chi connectivity index (χ1v) is 19.4. The number of alkyl halides is 3. The fraction of sp³-hybridized carbons (Fsp3) is 0.650. The summed E-state index contributed by atoms with van der Waals surface area (Å²) >= 11 is 0. The highest BCUT2D eigenvalue weighted by Gasteiger charge is 2.30. The Hall–Kier alpha value is -3.43. The van der Waals surface area contributed by atoms with E-state index in [1.165, 1.54) is 18.2 Å². The first-order chi connectivity index (χ1) is 28.3. The molecule has 0 atom stereocenters. The van der Waals surface area contributed by atoms with E-state index in [4.69, 9.17) is 56.8 Å². The van der Waals surface area contributed by atoms with E-state index in [9.17, 15) is 22.8 Å². The van der Waals surface area contributed by atoms with Gasteiger partial charge < -0.3 is 62.2 Å². The lowest BCUT2D eigenvalue weighted by atomic mass is 10.1. The van der Waals surface area contributed by atoms with Crippen LogP contribution in [-0.2, 0) is 67.8 Å². The fourth-order valence-corrected chi connectivity index (χ4v) is 4.54. The van der Waals surface area contributed by atoms with Crippen LogP contribution >= 0.6 is 0 Å². The summed E-state index contributed by atoms with van der Waals surface area (Å²) in [5.74, 6) is -0.836. The number of para-hydroxylation sites is 1. The molecule has 330 valence electrons. The molecular formula is C40H60F3NO14. The van der Waals surface area contributed by atoms with Gasteiger partial charge in [0.1, 0.15) is 13.2 Å². The molecule has 0 fully saturated rings. The van der Waals surface area contributed by atoms with Crippen molar-refractivity contribution in [3.63, 3.8) is 0 Å². The molecule has 15 nitrogen and oxygen atoms in total. The molecule has 58 heavy (non-hydrogen) atoms. The standard InChI is InChI=1S/C40H60F3NO14/c1-2-6-38(45)57-31-29-55-27-25-53-23-21-51-19-17-49-15-13-47-11-12-48-14-16-50-18-20-52-22-24-54-26-28-56-30-32-58-39(46)36-9-3-4-10-37(36)44-35-8-5-7-34(33-35)40(41,42)43/h3-5,7-10,33,44H,2,6,11-32H2,1H3. The minimum atomic E-state index is -4.48. The third kappa shape index (κ3) is 27.3. The molecule has 2 aromatic carbocycles. The van der Waals surface area contributed by atoms with Gasteiger partial charge in [0.15, 0.2) is 0 Å².